The van der Waals surface area contributed by atoms with Crippen molar-refractivity contribution in [3.05, 3.63) is 30.3 Å². The fraction of sp³-hybridized carbons (Fsp3) is 0.529. The van der Waals surface area contributed by atoms with E-state index in [-0.39, 0.29) is 35.9 Å². The number of rotatable bonds is 6. The summed E-state index contributed by atoms with van der Waals surface area (Å²) >= 11 is 0. The minimum Gasteiger partial charge on any atom is -0.337 e. The molecule has 1 fully saturated rings. The molecule has 2 aromatic rings. The molecule has 0 aliphatic carbocycles. The van der Waals surface area contributed by atoms with E-state index in [1.165, 1.54) is 4.80 Å². The van der Waals surface area contributed by atoms with Gasteiger partial charge < -0.3 is 4.90 Å². The first-order valence-electron chi connectivity index (χ1n) is 8.67. The molecule has 3 rings (SSSR count). The quantitative estimate of drug-likeness (QED) is 0.745. The minimum absolute atomic E-state index is 0.0332. The van der Waals surface area contributed by atoms with Crippen LogP contribution in [0.4, 0.5) is 0 Å². The molecule has 26 heavy (non-hydrogen) atoms. The Morgan fingerprint density at radius 1 is 1.31 bits per heavy atom. The smallest absolute Gasteiger partial charge is 0.246 e. The van der Waals surface area contributed by atoms with Gasteiger partial charge in [-0.15, -0.1) is 10.2 Å². The van der Waals surface area contributed by atoms with Gasteiger partial charge in [-0.2, -0.15) is 4.80 Å². The van der Waals surface area contributed by atoms with Crippen LogP contribution in [0, 0.1) is 5.92 Å². The van der Waals surface area contributed by atoms with Crippen LogP contribution >= 0.6 is 0 Å². The molecule has 8 nitrogen and oxygen atoms in total. The van der Waals surface area contributed by atoms with E-state index in [1.807, 2.05) is 44.2 Å². The van der Waals surface area contributed by atoms with Gasteiger partial charge in [0.25, 0.3) is 0 Å². The molecule has 2 heterocycles. The van der Waals surface area contributed by atoms with E-state index in [0.29, 0.717) is 18.8 Å². The normalized spacial score (nSPS) is 19.0. The van der Waals surface area contributed by atoms with Crippen LogP contribution in [0.15, 0.2) is 30.3 Å². The summed E-state index contributed by atoms with van der Waals surface area (Å²) in [6.07, 6.45) is 0.487. The molecule has 1 aliphatic heterocycles. The van der Waals surface area contributed by atoms with Gasteiger partial charge in [-0.25, -0.2) is 8.42 Å². The highest BCUT2D eigenvalue weighted by atomic mass is 32.2. The lowest BCUT2D eigenvalue weighted by Crippen LogP contribution is -2.45. The third-order valence-electron chi connectivity index (χ3n) is 4.29. The van der Waals surface area contributed by atoms with E-state index >= 15 is 0 Å². The molecular formula is C17H23N5O3S. The van der Waals surface area contributed by atoms with Crippen LogP contribution in [0.1, 0.15) is 20.3 Å². The Kier molecular flexibility index (Phi) is 5.36. The minimum atomic E-state index is -3.06. The van der Waals surface area contributed by atoms with E-state index in [4.69, 9.17) is 0 Å². The maximum atomic E-state index is 12.8. The Morgan fingerprint density at radius 3 is 2.65 bits per heavy atom. The number of carbonyl (C=O) groups is 1. The first-order valence-corrected chi connectivity index (χ1v) is 10.5. The van der Waals surface area contributed by atoms with Crippen molar-refractivity contribution in [3.8, 4) is 11.4 Å². The van der Waals surface area contributed by atoms with Crippen LogP contribution in [-0.2, 0) is 21.2 Å². The number of hydrogen-bond acceptors (Lipinski definition) is 6. The molecule has 1 aromatic carbocycles. The summed E-state index contributed by atoms with van der Waals surface area (Å²) in [5, 5.41) is 12.2. The van der Waals surface area contributed by atoms with Gasteiger partial charge in [0.15, 0.2) is 9.84 Å². The van der Waals surface area contributed by atoms with Crippen molar-refractivity contribution in [3.63, 3.8) is 0 Å². The highest BCUT2D eigenvalue weighted by molar-refractivity contribution is 7.91. The molecule has 140 valence electrons. The molecule has 1 amide bonds. The Bertz CT molecular complexity index is 864. The van der Waals surface area contributed by atoms with Gasteiger partial charge >= 0.3 is 0 Å². The van der Waals surface area contributed by atoms with Crippen molar-refractivity contribution >= 4 is 15.7 Å². The summed E-state index contributed by atoms with van der Waals surface area (Å²) in [5.74, 6) is 0.686. The average Bonchev–Trinajstić information content (AvgIpc) is 3.19. The first kappa shape index (κ1) is 18.5. The molecule has 1 aromatic heterocycles. The lowest BCUT2D eigenvalue weighted by Gasteiger charge is -2.29. The number of tetrazole rings is 1. The molecule has 0 N–H and O–H groups in total. The standard InChI is InChI=1S/C17H23N5O3S/c1-13(2)10-21(15-8-9-26(24,25)12-15)16(23)11-22-19-17(18-20-22)14-6-4-3-5-7-14/h3-7,13,15H,8-12H2,1-2H3/t15-/m0/s1. The molecule has 0 radical (unpaired) electrons. The van der Waals surface area contributed by atoms with Gasteiger partial charge in [-0.3, -0.25) is 4.79 Å². The summed E-state index contributed by atoms with van der Waals surface area (Å²) < 4.78 is 23.6. The third-order valence-corrected chi connectivity index (χ3v) is 6.04. The summed E-state index contributed by atoms with van der Waals surface area (Å²) in [6, 6.07) is 9.14. The number of amides is 1. The maximum Gasteiger partial charge on any atom is 0.246 e. The van der Waals surface area contributed by atoms with Crippen LogP contribution in [0.3, 0.4) is 0 Å². The number of hydrogen-bond donors (Lipinski definition) is 0. The number of aromatic nitrogens is 4. The summed E-state index contributed by atoms with van der Waals surface area (Å²) in [7, 11) is -3.06. The van der Waals surface area contributed by atoms with Crippen LogP contribution in [0.5, 0.6) is 0 Å². The highest BCUT2D eigenvalue weighted by Gasteiger charge is 2.35. The van der Waals surface area contributed by atoms with Crippen molar-refractivity contribution in [2.45, 2.75) is 32.9 Å². The van der Waals surface area contributed by atoms with Crippen molar-refractivity contribution in [1.29, 1.82) is 0 Å². The Hall–Kier alpha value is -2.29. The Labute approximate surface area is 153 Å². The van der Waals surface area contributed by atoms with Crippen molar-refractivity contribution < 1.29 is 13.2 Å². The molecule has 0 spiro atoms. The number of benzene rings is 1. The summed E-state index contributed by atoms with van der Waals surface area (Å²) in [5.41, 5.74) is 0.826. The van der Waals surface area contributed by atoms with Crippen LogP contribution in [-0.4, -0.2) is 63.5 Å². The molecule has 1 atom stereocenters. The van der Waals surface area contributed by atoms with Gasteiger partial charge in [0, 0.05) is 18.2 Å². The lowest BCUT2D eigenvalue weighted by atomic mass is 10.1. The predicted octanol–water partition coefficient (Wildman–Crippen LogP) is 1.01. The maximum absolute atomic E-state index is 12.8. The topological polar surface area (TPSA) is 98.1 Å². The van der Waals surface area contributed by atoms with E-state index in [9.17, 15) is 13.2 Å². The van der Waals surface area contributed by atoms with Crippen LogP contribution in [0.25, 0.3) is 11.4 Å². The second-order valence-electron chi connectivity index (χ2n) is 7.01. The van der Waals surface area contributed by atoms with E-state index in [1.54, 1.807) is 4.90 Å². The molecule has 0 saturated carbocycles. The second kappa shape index (κ2) is 7.53. The van der Waals surface area contributed by atoms with Crippen molar-refractivity contribution in [2.75, 3.05) is 18.1 Å². The molecule has 0 bridgehead atoms. The molecule has 1 aliphatic rings. The second-order valence-corrected chi connectivity index (χ2v) is 9.24. The van der Waals surface area contributed by atoms with E-state index in [0.717, 1.165) is 5.56 Å². The van der Waals surface area contributed by atoms with Crippen molar-refractivity contribution in [2.24, 2.45) is 5.92 Å². The fourth-order valence-electron chi connectivity index (χ4n) is 3.09. The monoisotopic (exact) mass is 377 g/mol. The van der Waals surface area contributed by atoms with Gasteiger partial charge in [-0.05, 0) is 17.6 Å². The number of sulfone groups is 1. The number of nitrogens with zero attached hydrogens (tertiary/aromatic N) is 5. The Balaban J connectivity index is 1.73. The predicted molar refractivity (Wildman–Crippen MR) is 96.9 cm³/mol. The zero-order valence-corrected chi connectivity index (χ0v) is 15.8. The SMILES string of the molecule is CC(C)CN(C(=O)Cn1nnc(-c2ccccc2)n1)[C@H]1CCS(=O)(=O)C1. The summed E-state index contributed by atoms with van der Waals surface area (Å²) in [4.78, 5) is 15.7. The zero-order valence-electron chi connectivity index (χ0n) is 14.9. The highest BCUT2D eigenvalue weighted by Crippen LogP contribution is 2.20. The van der Waals surface area contributed by atoms with E-state index < -0.39 is 9.84 Å². The Morgan fingerprint density at radius 2 is 2.04 bits per heavy atom. The average molecular weight is 377 g/mol. The molecular weight excluding hydrogens is 354 g/mol. The van der Waals surface area contributed by atoms with Gasteiger partial charge in [0.1, 0.15) is 6.54 Å². The summed E-state index contributed by atoms with van der Waals surface area (Å²) in [6.45, 7) is 4.47. The van der Waals surface area contributed by atoms with Gasteiger partial charge in [-0.1, -0.05) is 44.2 Å². The van der Waals surface area contributed by atoms with Crippen LogP contribution < -0.4 is 0 Å². The van der Waals surface area contributed by atoms with E-state index in [2.05, 4.69) is 15.4 Å². The molecule has 0 unspecified atom stereocenters. The zero-order chi connectivity index (χ0) is 18.7. The van der Waals surface area contributed by atoms with Gasteiger partial charge in [0.2, 0.25) is 11.7 Å². The first-order chi connectivity index (χ1) is 12.3. The third kappa shape index (κ3) is 4.46. The van der Waals surface area contributed by atoms with Gasteiger partial charge in [0.05, 0.1) is 11.5 Å². The largest absolute Gasteiger partial charge is 0.337 e. The van der Waals surface area contributed by atoms with Crippen molar-refractivity contribution in [1.82, 2.24) is 25.1 Å². The fourth-order valence-corrected chi connectivity index (χ4v) is 4.82. The molecule has 9 heteroatoms. The van der Waals surface area contributed by atoms with Crippen LogP contribution in [0.2, 0.25) is 0 Å². The lowest BCUT2D eigenvalue weighted by molar-refractivity contribution is -0.134. The molecule has 1 saturated heterocycles. The number of carbonyl (C=O) groups excluding carboxylic acids is 1.